The molecule has 1 aliphatic heterocycles. The Bertz CT molecular complexity index is 837. The van der Waals surface area contributed by atoms with Gasteiger partial charge in [-0.15, -0.1) is 11.3 Å². The maximum absolute atomic E-state index is 12.8. The number of ether oxygens (including phenoxy) is 1. The van der Waals surface area contributed by atoms with Gasteiger partial charge in [-0.25, -0.2) is 0 Å². The van der Waals surface area contributed by atoms with Crippen molar-refractivity contribution in [2.24, 2.45) is 0 Å². The van der Waals surface area contributed by atoms with Crippen molar-refractivity contribution in [3.05, 3.63) is 76.2 Å². The van der Waals surface area contributed by atoms with Crippen LogP contribution in [0.5, 0.6) is 5.75 Å². The van der Waals surface area contributed by atoms with E-state index in [0.717, 1.165) is 5.56 Å². The maximum Gasteiger partial charge on any atom is 0.289 e. The summed E-state index contributed by atoms with van der Waals surface area (Å²) in [5.74, 6) is -0.716. The van der Waals surface area contributed by atoms with E-state index in [1.165, 1.54) is 16.2 Å². The zero-order chi connectivity index (χ0) is 18.0. The Morgan fingerprint density at radius 2 is 2.08 bits per heavy atom. The molecule has 6 heteroatoms. The molecule has 128 valence electrons. The number of carbonyl (C=O) groups excluding carboxylic acids is 2. The Morgan fingerprint density at radius 1 is 1.36 bits per heavy atom. The van der Waals surface area contributed by atoms with Crippen LogP contribution in [0.15, 0.2) is 65.8 Å². The highest BCUT2D eigenvalue weighted by Gasteiger charge is 2.42. The van der Waals surface area contributed by atoms with Crippen molar-refractivity contribution in [2.75, 3.05) is 13.7 Å². The molecule has 1 atom stereocenters. The first kappa shape index (κ1) is 17.0. The van der Waals surface area contributed by atoms with Crippen LogP contribution in [0.4, 0.5) is 0 Å². The topological polar surface area (TPSA) is 66.8 Å². The van der Waals surface area contributed by atoms with Crippen molar-refractivity contribution in [1.82, 2.24) is 4.90 Å². The average molecular weight is 355 g/mol. The normalized spacial score (nSPS) is 17.1. The van der Waals surface area contributed by atoms with Gasteiger partial charge in [0.2, 0.25) is 5.78 Å². The highest BCUT2D eigenvalue weighted by atomic mass is 32.1. The van der Waals surface area contributed by atoms with Gasteiger partial charge in [0.25, 0.3) is 5.91 Å². The van der Waals surface area contributed by atoms with Gasteiger partial charge in [0.1, 0.15) is 12.4 Å². The van der Waals surface area contributed by atoms with Gasteiger partial charge in [-0.05, 0) is 29.1 Å². The quantitative estimate of drug-likeness (QED) is 0.636. The number of carbonyl (C=O) groups is 2. The molecular formula is C19H17NO4S. The molecule has 1 N–H and O–H groups in total. The Kier molecular flexibility index (Phi) is 4.72. The summed E-state index contributed by atoms with van der Waals surface area (Å²) in [6, 6.07) is 9.91. The number of Topliss-reactive ketones (excluding diaryl/α,β-unsaturated/α-hetero) is 1. The predicted molar refractivity (Wildman–Crippen MR) is 95.9 cm³/mol. The largest absolute Gasteiger partial charge is 0.503 e. The van der Waals surface area contributed by atoms with Gasteiger partial charge in [0.05, 0.1) is 16.5 Å². The molecule has 0 radical (unpaired) electrons. The summed E-state index contributed by atoms with van der Waals surface area (Å²) in [7, 11) is 1.57. The number of rotatable bonds is 6. The number of ketones is 1. The van der Waals surface area contributed by atoms with Gasteiger partial charge in [0, 0.05) is 7.05 Å². The molecule has 2 aromatic rings. The summed E-state index contributed by atoms with van der Waals surface area (Å²) in [6.07, 6.45) is 1.65. The standard InChI is InChI=1S/C19H17NO4S/c1-3-10-24-13-8-6-12(7-9-13)16-15(18(22)19(23)20(16)2)17(21)14-5-4-11-25-14/h3-9,11,16,22H,1,10H2,2H3. The average Bonchev–Trinajstić information content (AvgIpc) is 3.23. The van der Waals surface area contributed by atoms with Gasteiger partial charge >= 0.3 is 0 Å². The van der Waals surface area contributed by atoms with Crippen molar-refractivity contribution in [1.29, 1.82) is 0 Å². The minimum absolute atomic E-state index is 0.106. The van der Waals surface area contributed by atoms with Gasteiger partial charge in [0.15, 0.2) is 5.76 Å². The second kappa shape index (κ2) is 6.94. The molecule has 0 fully saturated rings. The van der Waals surface area contributed by atoms with Crippen molar-refractivity contribution in [2.45, 2.75) is 6.04 Å². The summed E-state index contributed by atoms with van der Waals surface area (Å²) in [4.78, 5) is 26.9. The van der Waals surface area contributed by atoms with E-state index in [1.807, 2.05) is 0 Å². The van der Waals surface area contributed by atoms with Crippen LogP contribution in [0.3, 0.4) is 0 Å². The van der Waals surface area contributed by atoms with Gasteiger partial charge < -0.3 is 14.7 Å². The first-order chi connectivity index (χ1) is 12.0. The molecule has 1 unspecified atom stereocenters. The number of benzene rings is 1. The molecule has 1 aliphatic rings. The fourth-order valence-electron chi connectivity index (χ4n) is 2.79. The Hall–Kier alpha value is -2.86. The van der Waals surface area contributed by atoms with E-state index >= 15 is 0 Å². The summed E-state index contributed by atoms with van der Waals surface area (Å²) in [6.45, 7) is 3.99. The van der Waals surface area contributed by atoms with Crippen LogP contribution in [-0.2, 0) is 4.79 Å². The molecule has 3 rings (SSSR count). The SMILES string of the molecule is C=CCOc1ccc(C2C(C(=O)c3cccs3)=C(O)C(=O)N2C)cc1. The van der Waals surface area contributed by atoms with Gasteiger partial charge in [-0.2, -0.15) is 0 Å². The molecule has 1 amide bonds. The fourth-order valence-corrected chi connectivity index (χ4v) is 3.46. The second-order valence-corrected chi connectivity index (χ2v) is 6.50. The van der Waals surface area contributed by atoms with E-state index in [9.17, 15) is 14.7 Å². The highest BCUT2D eigenvalue weighted by molar-refractivity contribution is 7.12. The lowest BCUT2D eigenvalue weighted by atomic mass is 9.95. The van der Waals surface area contributed by atoms with E-state index in [-0.39, 0.29) is 11.4 Å². The minimum atomic E-state index is -0.629. The van der Waals surface area contributed by atoms with Gasteiger partial charge in [-0.1, -0.05) is 30.9 Å². The molecule has 0 spiro atoms. The molecule has 0 saturated heterocycles. The Morgan fingerprint density at radius 3 is 2.68 bits per heavy atom. The van der Waals surface area contributed by atoms with Crippen LogP contribution in [0.2, 0.25) is 0 Å². The maximum atomic E-state index is 12.8. The number of likely N-dealkylation sites (N-methyl/N-ethyl adjacent to an activating group) is 1. The number of thiophene rings is 1. The summed E-state index contributed by atoms with van der Waals surface area (Å²) >= 11 is 1.28. The zero-order valence-corrected chi connectivity index (χ0v) is 14.5. The van der Waals surface area contributed by atoms with Crippen LogP contribution in [0, 0.1) is 0 Å². The second-order valence-electron chi connectivity index (χ2n) is 5.56. The number of amides is 1. The molecule has 2 heterocycles. The smallest absolute Gasteiger partial charge is 0.289 e. The molecular weight excluding hydrogens is 338 g/mol. The summed E-state index contributed by atoms with van der Waals surface area (Å²) in [5, 5.41) is 12.0. The molecule has 25 heavy (non-hydrogen) atoms. The molecule has 0 aliphatic carbocycles. The third-order valence-electron chi connectivity index (χ3n) is 3.99. The van der Waals surface area contributed by atoms with E-state index in [2.05, 4.69) is 6.58 Å². The number of nitrogens with zero attached hydrogens (tertiary/aromatic N) is 1. The van der Waals surface area contributed by atoms with Crippen molar-refractivity contribution in [3.8, 4) is 5.75 Å². The number of hydrogen-bond donors (Lipinski definition) is 1. The molecule has 0 saturated carbocycles. The van der Waals surface area contributed by atoms with Crippen molar-refractivity contribution >= 4 is 23.0 Å². The molecule has 5 nitrogen and oxygen atoms in total. The van der Waals surface area contributed by atoms with E-state index in [4.69, 9.17) is 4.74 Å². The Balaban J connectivity index is 1.96. The monoisotopic (exact) mass is 355 g/mol. The van der Waals surface area contributed by atoms with Crippen molar-refractivity contribution < 1.29 is 19.4 Å². The summed E-state index contributed by atoms with van der Waals surface area (Å²) in [5.41, 5.74) is 0.834. The first-order valence-electron chi connectivity index (χ1n) is 7.66. The van der Waals surface area contributed by atoms with E-state index in [1.54, 1.807) is 54.9 Å². The lowest BCUT2D eigenvalue weighted by Crippen LogP contribution is -2.26. The minimum Gasteiger partial charge on any atom is -0.503 e. The molecule has 0 bridgehead atoms. The highest BCUT2D eigenvalue weighted by Crippen LogP contribution is 2.38. The third kappa shape index (κ3) is 3.08. The van der Waals surface area contributed by atoms with Crippen molar-refractivity contribution in [3.63, 3.8) is 0 Å². The van der Waals surface area contributed by atoms with Gasteiger partial charge in [-0.3, -0.25) is 9.59 Å². The van der Waals surface area contributed by atoms with Crippen LogP contribution >= 0.6 is 11.3 Å². The van der Waals surface area contributed by atoms with Crippen LogP contribution < -0.4 is 4.74 Å². The number of aliphatic hydroxyl groups excluding tert-OH is 1. The lowest BCUT2D eigenvalue weighted by Gasteiger charge is -2.22. The van der Waals surface area contributed by atoms with Crippen LogP contribution in [-0.4, -0.2) is 35.4 Å². The zero-order valence-electron chi connectivity index (χ0n) is 13.6. The van der Waals surface area contributed by atoms with E-state index < -0.39 is 17.7 Å². The third-order valence-corrected chi connectivity index (χ3v) is 4.86. The summed E-state index contributed by atoms with van der Waals surface area (Å²) < 4.78 is 5.45. The number of aliphatic hydroxyl groups is 1. The van der Waals surface area contributed by atoms with Crippen LogP contribution in [0.25, 0.3) is 0 Å². The first-order valence-corrected chi connectivity index (χ1v) is 8.54. The fraction of sp³-hybridized carbons (Fsp3) is 0.158. The molecule has 1 aromatic carbocycles. The predicted octanol–water partition coefficient (Wildman–Crippen LogP) is 3.52. The Labute approximate surface area is 149 Å². The molecule has 1 aromatic heterocycles. The lowest BCUT2D eigenvalue weighted by molar-refractivity contribution is -0.128. The number of hydrogen-bond acceptors (Lipinski definition) is 5. The van der Waals surface area contributed by atoms with E-state index in [0.29, 0.717) is 17.2 Å². The van der Waals surface area contributed by atoms with Crippen LogP contribution in [0.1, 0.15) is 21.3 Å².